The van der Waals surface area contributed by atoms with Crippen molar-refractivity contribution >= 4 is 27.6 Å². The number of benzene rings is 1. The molecule has 1 aromatic carbocycles. The van der Waals surface area contributed by atoms with Gasteiger partial charge in [0.25, 0.3) is 0 Å². The number of carboxylic acids is 1. The van der Waals surface area contributed by atoms with Crippen molar-refractivity contribution in [1.82, 2.24) is 0 Å². The molecule has 1 aromatic rings. The van der Waals surface area contributed by atoms with E-state index in [9.17, 15) is 4.79 Å². The van der Waals surface area contributed by atoms with Crippen LogP contribution in [-0.4, -0.2) is 17.7 Å². The molecular formula is C9H7BrN2O3. The van der Waals surface area contributed by atoms with Gasteiger partial charge in [-0.25, -0.2) is 4.79 Å². The summed E-state index contributed by atoms with van der Waals surface area (Å²) in [7, 11) is 0. The van der Waals surface area contributed by atoms with Gasteiger partial charge in [-0.15, -0.1) is 0 Å². The Balaban J connectivity index is 2.73. The zero-order valence-corrected chi connectivity index (χ0v) is 9.11. The molecule has 1 rings (SSSR count). The quantitative estimate of drug-likeness (QED) is 0.815. The van der Waals surface area contributed by atoms with Gasteiger partial charge in [-0.05, 0) is 28.1 Å². The number of halogens is 1. The largest absolute Gasteiger partial charge is 0.479 e. The molecule has 0 fully saturated rings. The fraction of sp³-hybridized carbons (Fsp3) is 0.111. The zero-order valence-electron chi connectivity index (χ0n) is 7.53. The van der Waals surface area contributed by atoms with E-state index >= 15 is 0 Å². The highest BCUT2D eigenvalue weighted by Gasteiger charge is 2.06. The molecule has 0 aliphatic heterocycles. The Kier molecular flexibility index (Phi) is 4.09. The van der Waals surface area contributed by atoms with Crippen LogP contribution in [0.1, 0.15) is 5.56 Å². The molecule has 0 saturated heterocycles. The van der Waals surface area contributed by atoms with E-state index in [4.69, 9.17) is 10.4 Å². The molecule has 0 unspecified atom stereocenters. The van der Waals surface area contributed by atoms with Gasteiger partial charge in [0.15, 0.2) is 6.61 Å². The number of hydrogen-bond acceptors (Lipinski definition) is 4. The van der Waals surface area contributed by atoms with Crippen molar-refractivity contribution in [2.75, 3.05) is 12.1 Å². The lowest BCUT2D eigenvalue weighted by Crippen LogP contribution is -2.11. The summed E-state index contributed by atoms with van der Waals surface area (Å²) in [5, 5.41) is 17.1. The van der Waals surface area contributed by atoms with Gasteiger partial charge in [-0.3, -0.25) is 10.3 Å². The number of hydrogen-bond donors (Lipinski definition) is 2. The molecule has 0 aliphatic rings. The lowest BCUT2D eigenvalue weighted by Gasteiger charge is -2.07. The molecule has 0 atom stereocenters. The van der Waals surface area contributed by atoms with Crippen LogP contribution in [0.5, 0.6) is 0 Å². The average molecular weight is 271 g/mol. The van der Waals surface area contributed by atoms with Crippen molar-refractivity contribution in [2.45, 2.75) is 0 Å². The summed E-state index contributed by atoms with van der Waals surface area (Å²) in [6.07, 6.45) is 0. The first-order chi connectivity index (χ1) is 7.15. The number of carbonyl (C=O) groups is 1. The number of nitrogens with zero attached hydrogens (tertiary/aromatic N) is 1. The highest BCUT2D eigenvalue weighted by Crippen LogP contribution is 2.23. The van der Waals surface area contributed by atoms with E-state index in [1.54, 1.807) is 18.2 Å². The maximum atomic E-state index is 10.2. The van der Waals surface area contributed by atoms with Crippen molar-refractivity contribution in [3.8, 4) is 6.07 Å². The first-order valence-electron chi connectivity index (χ1n) is 3.93. The number of rotatable bonds is 4. The first-order valence-corrected chi connectivity index (χ1v) is 4.72. The van der Waals surface area contributed by atoms with Gasteiger partial charge in [0.1, 0.15) is 6.07 Å². The smallest absolute Gasteiger partial charge is 0.332 e. The lowest BCUT2D eigenvalue weighted by molar-refractivity contribution is -0.141. The summed E-state index contributed by atoms with van der Waals surface area (Å²) in [4.78, 5) is 14.8. The number of nitrogens with one attached hydrogen (secondary N) is 1. The van der Waals surface area contributed by atoms with E-state index in [-0.39, 0.29) is 0 Å². The molecule has 0 amide bonds. The Morgan fingerprint density at radius 2 is 2.40 bits per heavy atom. The van der Waals surface area contributed by atoms with Gasteiger partial charge in [0, 0.05) is 4.47 Å². The minimum Gasteiger partial charge on any atom is -0.479 e. The van der Waals surface area contributed by atoms with Crippen LogP contribution in [0, 0.1) is 11.3 Å². The Morgan fingerprint density at radius 1 is 1.67 bits per heavy atom. The molecule has 78 valence electrons. The zero-order chi connectivity index (χ0) is 11.3. The molecule has 0 bridgehead atoms. The van der Waals surface area contributed by atoms with Crippen LogP contribution in [0.4, 0.5) is 5.69 Å². The minimum absolute atomic E-state index is 0.364. The predicted octanol–water partition coefficient (Wildman–Crippen LogP) is 1.75. The standard InChI is InChI=1S/C9H7BrN2O3/c10-7-2-1-3-8(6(7)4-11)12-15-5-9(13)14/h1-3,12H,5H2,(H,13,14). The number of carboxylic acid groups (broad SMARTS) is 1. The van der Waals surface area contributed by atoms with Crippen LogP contribution in [0.3, 0.4) is 0 Å². The molecule has 15 heavy (non-hydrogen) atoms. The van der Waals surface area contributed by atoms with E-state index in [1.165, 1.54) is 0 Å². The molecular weight excluding hydrogens is 264 g/mol. The second-order valence-electron chi connectivity index (χ2n) is 2.56. The van der Waals surface area contributed by atoms with Gasteiger partial charge in [-0.2, -0.15) is 5.26 Å². The van der Waals surface area contributed by atoms with Crippen LogP contribution >= 0.6 is 15.9 Å². The van der Waals surface area contributed by atoms with Crippen molar-refractivity contribution < 1.29 is 14.7 Å². The Labute approximate surface area is 94.4 Å². The van der Waals surface area contributed by atoms with Crippen molar-refractivity contribution in [3.05, 3.63) is 28.2 Å². The van der Waals surface area contributed by atoms with Crippen LogP contribution < -0.4 is 5.48 Å². The van der Waals surface area contributed by atoms with Gasteiger partial charge in [0.05, 0.1) is 11.3 Å². The topological polar surface area (TPSA) is 82.3 Å². The first kappa shape index (κ1) is 11.5. The second kappa shape index (κ2) is 5.34. The monoisotopic (exact) mass is 270 g/mol. The van der Waals surface area contributed by atoms with E-state index in [0.717, 1.165) is 0 Å². The molecule has 0 heterocycles. The second-order valence-corrected chi connectivity index (χ2v) is 3.41. The molecule has 0 spiro atoms. The number of anilines is 1. The Hall–Kier alpha value is -1.58. The van der Waals surface area contributed by atoms with E-state index in [0.29, 0.717) is 15.7 Å². The van der Waals surface area contributed by atoms with Gasteiger partial charge >= 0.3 is 5.97 Å². The van der Waals surface area contributed by atoms with Gasteiger partial charge < -0.3 is 5.11 Å². The fourth-order valence-corrected chi connectivity index (χ4v) is 1.35. The summed E-state index contributed by atoms with van der Waals surface area (Å²) < 4.78 is 0.619. The molecule has 0 aliphatic carbocycles. The van der Waals surface area contributed by atoms with E-state index in [2.05, 4.69) is 26.2 Å². The summed E-state index contributed by atoms with van der Waals surface area (Å²) in [5.41, 5.74) is 3.19. The minimum atomic E-state index is -1.09. The molecule has 0 saturated carbocycles. The van der Waals surface area contributed by atoms with Crippen LogP contribution in [0.25, 0.3) is 0 Å². The van der Waals surface area contributed by atoms with Crippen molar-refractivity contribution in [2.24, 2.45) is 0 Å². The molecule has 2 N–H and O–H groups in total. The normalized spacial score (nSPS) is 9.33. The third kappa shape index (κ3) is 3.23. The van der Waals surface area contributed by atoms with Gasteiger partial charge in [0.2, 0.25) is 0 Å². The maximum absolute atomic E-state index is 10.2. The lowest BCUT2D eigenvalue weighted by atomic mass is 10.2. The summed E-state index contributed by atoms with van der Waals surface area (Å²) >= 11 is 3.19. The average Bonchev–Trinajstić information content (AvgIpc) is 2.17. The third-order valence-corrected chi connectivity index (χ3v) is 2.16. The Morgan fingerprint density at radius 3 is 3.00 bits per heavy atom. The molecule has 6 heteroatoms. The maximum Gasteiger partial charge on any atom is 0.332 e. The Bertz CT molecular complexity index is 414. The van der Waals surface area contributed by atoms with Crippen molar-refractivity contribution in [3.63, 3.8) is 0 Å². The van der Waals surface area contributed by atoms with Crippen molar-refractivity contribution in [1.29, 1.82) is 5.26 Å². The van der Waals surface area contributed by atoms with Gasteiger partial charge in [-0.1, -0.05) is 6.07 Å². The fourth-order valence-electron chi connectivity index (χ4n) is 0.898. The predicted molar refractivity (Wildman–Crippen MR) is 56.1 cm³/mol. The number of aliphatic carboxylic acids is 1. The summed E-state index contributed by atoms with van der Waals surface area (Å²) in [6.45, 7) is -0.475. The van der Waals surface area contributed by atoms with Crippen LogP contribution in [0.2, 0.25) is 0 Å². The molecule has 5 nitrogen and oxygen atoms in total. The molecule has 0 aromatic heterocycles. The molecule has 0 radical (unpaired) electrons. The SMILES string of the molecule is N#Cc1c(Br)cccc1NOCC(=O)O. The van der Waals surface area contributed by atoms with Crippen LogP contribution in [-0.2, 0) is 9.63 Å². The summed E-state index contributed by atoms with van der Waals surface area (Å²) in [6, 6.07) is 7.00. The van der Waals surface area contributed by atoms with E-state index in [1.807, 2.05) is 6.07 Å². The highest BCUT2D eigenvalue weighted by molar-refractivity contribution is 9.10. The van der Waals surface area contributed by atoms with Crippen LogP contribution in [0.15, 0.2) is 22.7 Å². The highest BCUT2D eigenvalue weighted by atomic mass is 79.9. The van der Waals surface area contributed by atoms with E-state index < -0.39 is 12.6 Å². The number of nitriles is 1. The summed E-state index contributed by atoms with van der Waals surface area (Å²) in [5.74, 6) is -1.09. The third-order valence-electron chi connectivity index (χ3n) is 1.50.